The van der Waals surface area contributed by atoms with Gasteiger partial charge in [-0.2, -0.15) is 5.10 Å². The van der Waals surface area contributed by atoms with E-state index < -0.39 is 0 Å². The van der Waals surface area contributed by atoms with E-state index in [2.05, 4.69) is 41.1 Å². The number of fused-ring (bicyclic) bond motifs is 1. The third-order valence-corrected chi connectivity index (χ3v) is 5.63. The maximum absolute atomic E-state index is 5.49. The molecular formula is C22H30N4O2. The fourth-order valence-corrected chi connectivity index (χ4v) is 4.06. The van der Waals surface area contributed by atoms with Crippen molar-refractivity contribution in [2.24, 2.45) is 0 Å². The topological polar surface area (TPSA) is 65.1 Å². The van der Waals surface area contributed by atoms with E-state index in [0.29, 0.717) is 12.1 Å². The van der Waals surface area contributed by atoms with Gasteiger partial charge in [0.2, 0.25) is 0 Å². The molecule has 0 amide bonds. The predicted molar refractivity (Wildman–Crippen MR) is 111 cm³/mol. The molecule has 0 spiro atoms. The van der Waals surface area contributed by atoms with Crippen LogP contribution in [0.4, 0.5) is 0 Å². The number of ether oxygens (including phenoxy) is 1. The van der Waals surface area contributed by atoms with Crippen LogP contribution in [0.2, 0.25) is 0 Å². The molecule has 0 bridgehead atoms. The van der Waals surface area contributed by atoms with Crippen LogP contribution in [0.1, 0.15) is 54.9 Å². The van der Waals surface area contributed by atoms with Gasteiger partial charge < -0.3 is 14.6 Å². The van der Waals surface area contributed by atoms with Gasteiger partial charge in [-0.1, -0.05) is 5.16 Å². The quantitative estimate of drug-likeness (QED) is 0.583. The number of hydrogen-bond donors (Lipinski definition) is 1. The van der Waals surface area contributed by atoms with Crippen LogP contribution in [0, 0.1) is 20.8 Å². The number of nitrogens with one attached hydrogen (secondary N) is 1. The van der Waals surface area contributed by atoms with Crippen LogP contribution in [0.15, 0.2) is 16.7 Å². The van der Waals surface area contributed by atoms with E-state index in [0.717, 1.165) is 42.3 Å². The van der Waals surface area contributed by atoms with E-state index in [1.165, 1.54) is 34.9 Å². The van der Waals surface area contributed by atoms with Gasteiger partial charge in [0, 0.05) is 43.3 Å². The van der Waals surface area contributed by atoms with Crippen molar-refractivity contribution in [1.29, 1.82) is 0 Å². The first kappa shape index (κ1) is 19.2. The third kappa shape index (κ3) is 3.59. The highest BCUT2D eigenvalue weighted by atomic mass is 16.5. The average molecular weight is 383 g/mol. The number of nitrogens with zero attached hydrogens (tertiary/aromatic N) is 3. The molecular weight excluding hydrogens is 352 g/mol. The summed E-state index contributed by atoms with van der Waals surface area (Å²) in [7, 11) is 1.74. The molecule has 2 heterocycles. The Morgan fingerprint density at radius 3 is 2.68 bits per heavy atom. The second-order valence-corrected chi connectivity index (χ2v) is 7.98. The summed E-state index contributed by atoms with van der Waals surface area (Å²) in [5.74, 6) is 0.852. The monoisotopic (exact) mass is 382 g/mol. The molecule has 28 heavy (non-hydrogen) atoms. The molecule has 4 rings (SSSR count). The second kappa shape index (κ2) is 7.68. The SMILES string of the molecule is COCCCn1nc(C)c2c(-c3c(C)noc3C)cc(C(C)NC3CC3)cc21. The Labute approximate surface area is 166 Å². The van der Waals surface area contributed by atoms with Gasteiger partial charge in [-0.25, -0.2) is 0 Å². The Hall–Kier alpha value is -2.18. The van der Waals surface area contributed by atoms with Gasteiger partial charge in [0.1, 0.15) is 5.76 Å². The van der Waals surface area contributed by atoms with Gasteiger partial charge in [-0.15, -0.1) is 0 Å². The number of hydrogen-bond acceptors (Lipinski definition) is 5. The van der Waals surface area contributed by atoms with E-state index in [9.17, 15) is 0 Å². The van der Waals surface area contributed by atoms with Gasteiger partial charge in [0.25, 0.3) is 0 Å². The molecule has 2 aromatic heterocycles. The lowest BCUT2D eigenvalue weighted by Gasteiger charge is -2.17. The minimum absolute atomic E-state index is 0.291. The molecule has 1 unspecified atom stereocenters. The molecule has 6 heteroatoms. The maximum Gasteiger partial charge on any atom is 0.141 e. The molecule has 1 aromatic carbocycles. The zero-order valence-electron chi connectivity index (χ0n) is 17.5. The van der Waals surface area contributed by atoms with E-state index in [1.807, 2.05) is 13.8 Å². The summed E-state index contributed by atoms with van der Waals surface area (Å²) in [6, 6.07) is 5.53. The van der Waals surface area contributed by atoms with Crippen LogP contribution < -0.4 is 5.32 Å². The van der Waals surface area contributed by atoms with Crippen molar-refractivity contribution in [3.63, 3.8) is 0 Å². The highest BCUT2D eigenvalue weighted by Gasteiger charge is 2.25. The van der Waals surface area contributed by atoms with E-state index in [4.69, 9.17) is 14.4 Å². The third-order valence-electron chi connectivity index (χ3n) is 5.63. The molecule has 0 aliphatic heterocycles. The minimum atomic E-state index is 0.291. The largest absolute Gasteiger partial charge is 0.385 e. The first-order chi connectivity index (χ1) is 13.5. The molecule has 1 fully saturated rings. The number of rotatable bonds is 8. The van der Waals surface area contributed by atoms with Crippen LogP contribution in [0.3, 0.4) is 0 Å². The van der Waals surface area contributed by atoms with Crippen molar-refractivity contribution in [2.75, 3.05) is 13.7 Å². The molecule has 1 aliphatic rings. The van der Waals surface area contributed by atoms with E-state index >= 15 is 0 Å². The number of benzene rings is 1. The first-order valence-corrected chi connectivity index (χ1v) is 10.2. The standard InChI is InChI=1S/C22H30N4O2/c1-13(23-18-7-8-18)17-11-19(21-15(3)25-28-16(21)4)22-14(2)24-26(20(22)12-17)9-6-10-27-5/h11-13,18,23H,6-10H2,1-5H3. The van der Waals surface area contributed by atoms with Gasteiger partial charge in [-0.05, 0) is 70.2 Å². The molecule has 1 aliphatic carbocycles. The van der Waals surface area contributed by atoms with Gasteiger partial charge >= 0.3 is 0 Å². The van der Waals surface area contributed by atoms with Crippen LogP contribution in [0.5, 0.6) is 0 Å². The van der Waals surface area contributed by atoms with Crippen LogP contribution in [-0.4, -0.2) is 34.7 Å². The van der Waals surface area contributed by atoms with Crippen LogP contribution in [0.25, 0.3) is 22.0 Å². The second-order valence-electron chi connectivity index (χ2n) is 7.98. The molecule has 0 radical (unpaired) electrons. The Balaban J connectivity index is 1.87. The molecule has 6 nitrogen and oxygen atoms in total. The lowest BCUT2D eigenvalue weighted by atomic mass is 9.94. The predicted octanol–water partition coefficient (Wildman–Crippen LogP) is 4.47. The number of aromatic nitrogens is 3. The Bertz CT molecular complexity index is 965. The highest BCUT2D eigenvalue weighted by Crippen LogP contribution is 2.38. The summed E-state index contributed by atoms with van der Waals surface area (Å²) in [5.41, 5.74) is 6.67. The Morgan fingerprint density at radius 1 is 1.25 bits per heavy atom. The zero-order valence-corrected chi connectivity index (χ0v) is 17.5. The summed E-state index contributed by atoms with van der Waals surface area (Å²) in [4.78, 5) is 0. The van der Waals surface area contributed by atoms with Crippen molar-refractivity contribution in [3.8, 4) is 11.1 Å². The molecule has 1 atom stereocenters. The van der Waals surface area contributed by atoms with Crippen LogP contribution >= 0.6 is 0 Å². The Morgan fingerprint density at radius 2 is 2.04 bits per heavy atom. The fraction of sp³-hybridized carbons (Fsp3) is 0.545. The van der Waals surface area contributed by atoms with Gasteiger partial charge in [0.05, 0.1) is 16.9 Å². The highest BCUT2D eigenvalue weighted by molar-refractivity contribution is 5.98. The van der Waals surface area contributed by atoms with Crippen molar-refractivity contribution in [1.82, 2.24) is 20.3 Å². The summed E-state index contributed by atoms with van der Waals surface area (Å²) < 4.78 is 12.9. The molecule has 1 N–H and O–H groups in total. The zero-order chi connectivity index (χ0) is 19.8. The van der Waals surface area contributed by atoms with Crippen molar-refractivity contribution < 1.29 is 9.26 Å². The maximum atomic E-state index is 5.49. The van der Waals surface area contributed by atoms with Gasteiger partial charge in [-0.3, -0.25) is 4.68 Å². The molecule has 1 saturated carbocycles. The van der Waals surface area contributed by atoms with Gasteiger partial charge in [0.15, 0.2) is 0 Å². The lowest BCUT2D eigenvalue weighted by molar-refractivity contribution is 0.189. The van der Waals surface area contributed by atoms with Crippen LogP contribution in [-0.2, 0) is 11.3 Å². The summed E-state index contributed by atoms with van der Waals surface area (Å²) >= 11 is 0. The molecule has 0 saturated heterocycles. The number of aryl methyl sites for hydroxylation is 4. The summed E-state index contributed by atoms with van der Waals surface area (Å²) in [6.45, 7) is 9.90. The molecule has 150 valence electrons. The summed E-state index contributed by atoms with van der Waals surface area (Å²) in [6.07, 6.45) is 3.49. The Kier molecular flexibility index (Phi) is 5.25. The number of methoxy groups -OCH3 is 1. The molecule has 3 aromatic rings. The van der Waals surface area contributed by atoms with E-state index in [1.54, 1.807) is 7.11 Å². The first-order valence-electron chi connectivity index (χ1n) is 10.2. The average Bonchev–Trinajstić information content (AvgIpc) is 3.34. The van der Waals surface area contributed by atoms with Crippen molar-refractivity contribution in [2.45, 2.75) is 65.6 Å². The van der Waals surface area contributed by atoms with Crippen molar-refractivity contribution in [3.05, 3.63) is 34.8 Å². The van der Waals surface area contributed by atoms with Crippen molar-refractivity contribution >= 4 is 10.9 Å². The minimum Gasteiger partial charge on any atom is -0.385 e. The smallest absolute Gasteiger partial charge is 0.141 e. The summed E-state index contributed by atoms with van der Waals surface area (Å²) in [5, 5.41) is 14.0. The normalized spacial score (nSPS) is 15.5. The lowest BCUT2D eigenvalue weighted by Crippen LogP contribution is -2.20. The van der Waals surface area contributed by atoms with E-state index in [-0.39, 0.29) is 0 Å². The fourth-order valence-electron chi connectivity index (χ4n) is 4.06.